The quantitative estimate of drug-likeness (QED) is 0.215. The molecule has 2 aromatic rings. The highest BCUT2D eigenvalue weighted by Gasteiger charge is 2.18. The van der Waals surface area contributed by atoms with Crippen LogP contribution in [0.3, 0.4) is 0 Å². The van der Waals surface area contributed by atoms with E-state index in [1.807, 2.05) is 55.4 Å². The molecule has 0 saturated carbocycles. The molecule has 198 valence electrons. The maximum atomic E-state index is 12.4. The van der Waals surface area contributed by atoms with Gasteiger partial charge in [-0.05, 0) is 44.5 Å². The predicted molar refractivity (Wildman–Crippen MR) is 145 cm³/mol. The van der Waals surface area contributed by atoms with Crippen LogP contribution in [0.15, 0.2) is 60.7 Å². The number of carbonyl (C=O) groups excluding carboxylic acids is 2. The molecule has 1 unspecified atom stereocenters. The highest BCUT2D eigenvalue weighted by atomic mass is 16.5. The molecule has 6 heteroatoms. The fraction of sp³-hybridized carbons (Fsp3) is 0.533. The maximum Gasteiger partial charge on any atom is 0.308 e. The fourth-order valence-corrected chi connectivity index (χ4v) is 4.03. The minimum absolute atomic E-state index is 0.00419. The lowest BCUT2D eigenvalue weighted by Gasteiger charge is -2.22. The third-order valence-electron chi connectivity index (χ3n) is 5.93. The summed E-state index contributed by atoms with van der Waals surface area (Å²) < 4.78 is 11.1. The van der Waals surface area contributed by atoms with Crippen molar-refractivity contribution in [3.8, 4) is 0 Å². The van der Waals surface area contributed by atoms with E-state index in [0.717, 1.165) is 57.3 Å². The van der Waals surface area contributed by atoms with Crippen molar-refractivity contribution in [2.75, 3.05) is 33.9 Å². The molecule has 0 aliphatic heterocycles. The van der Waals surface area contributed by atoms with Gasteiger partial charge >= 0.3 is 5.97 Å². The number of hydrogen-bond donors (Lipinski definition) is 1. The number of carbonyl (C=O) groups is 2. The van der Waals surface area contributed by atoms with Gasteiger partial charge in [-0.25, -0.2) is 0 Å². The average molecular weight is 497 g/mol. The molecule has 1 amide bonds. The minimum atomic E-state index is -0.296. The Bertz CT molecular complexity index is 843. The zero-order chi connectivity index (χ0) is 25.8. The van der Waals surface area contributed by atoms with Crippen LogP contribution in [0.5, 0.6) is 0 Å². The topological polar surface area (TPSA) is 67.9 Å². The van der Waals surface area contributed by atoms with Crippen molar-refractivity contribution in [3.63, 3.8) is 0 Å². The minimum Gasteiger partial charge on any atom is -0.461 e. The number of hydrogen-bond acceptors (Lipinski definition) is 5. The molecule has 1 N–H and O–H groups in total. The van der Waals surface area contributed by atoms with Crippen molar-refractivity contribution in [3.05, 3.63) is 71.8 Å². The number of likely N-dealkylation sites (N-methyl/N-ethyl adjacent to an activating group) is 1. The van der Waals surface area contributed by atoms with Gasteiger partial charge in [0.15, 0.2) is 0 Å². The molecule has 0 spiro atoms. The van der Waals surface area contributed by atoms with Crippen LogP contribution in [0, 0.1) is 0 Å². The van der Waals surface area contributed by atoms with Crippen LogP contribution in [-0.4, -0.2) is 56.7 Å². The Kier molecular flexibility index (Phi) is 15.2. The van der Waals surface area contributed by atoms with Gasteiger partial charge in [-0.2, -0.15) is 0 Å². The third kappa shape index (κ3) is 14.6. The summed E-state index contributed by atoms with van der Waals surface area (Å²) in [6.07, 6.45) is 8.08. The summed E-state index contributed by atoms with van der Waals surface area (Å²) in [5.74, 6) is -0.292. The molecular formula is C30H44N2O4. The Labute approximate surface area is 217 Å². The van der Waals surface area contributed by atoms with E-state index in [0.29, 0.717) is 13.0 Å². The smallest absolute Gasteiger partial charge is 0.308 e. The van der Waals surface area contributed by atoms with E-state index >= 15 is 0 Å². The van der Waals surface area contributed by atoms with Crippen molar-refractivity contribution in [1.82, 2.24) is 10.2 Å². The van der Waals surface area contributed by atoms with Crippen LogP contribution in [0.25, 0.3) is 0 Å². The number of amides is 1. The number of nitrogens with zero attached hydrogens (tertiary/aromatic N) is 1. The molecular weight excluding hydrogens is 452 g/mol. The number of unbranched alkanes of at least 4 members (excludes halogenated alkanes) is 5. The molecule has 2 rings (SSSR count). The van der Waals surface area contributed by atoms with Gasteiger partial charge in [0.25, 0.3) is 0 Å². The average Bonchev–Trinajstić information content (AvgIpc) is 2.87. The zero-order valence-electron chi connectivity index (χ0n) is 22.1. The number of esters is 1. The zero-order valence-corrected chi connectivity index (χ0v) is 22.1. The molecule has 36 heavy (non-hydrogen) atoms. The van der Waals surface area contributed by atoms with E-state index in [-0.39, 0.29) is 30.9 Å². The summed E-state index contributed by atoms with van der Waals surface area (Å²) >= 11 is 0. The standard InChI is InChI=1S/C30H44N2O4/c1-32(2)24-28(23-30(34)36-25-27-17-11-8-12-18-27)31-29(33)19-13-5-3-4-6-14-21-35-22-20-26-15-9-7-10-16-26/h7-12,15-18,28H,3-6,13-14,19-25H2,1-2H3,(H,31,33). The number of rotatable bonds is 19. The molecule has 0 fully saturated rings. The van der Waals surface area contributed by atoms with E-state index in [9.17, 15) is 9.59 Å². The molecule has 0 aliphatic carbocycles. The number of benzene rings is 2. The first-order valence-electron chi connectivity index (χ1n) is 13.3. The molecule has 0 radical (unpaired) electrons. The lowest BCUT2D eigenvalue weighted by Crippen LogP contribution is -2.43. The Hall–Kier alpha value is -2.70. The van der Waals surface area contributed by atoms with Crippen LogP contribution < -0.4 is 5.32 Å². The van der Waals surface area contributed by atoms with Crippen molar-refractivity contribution in [2.24, 2.45) is 0 Å². The van der Waals surface area contributed by atoms with Gasteiger partial charge < -0.3 is 19.7 Å². The SMILES string of the molecule is CN(C)CC(CC(=O)OCc1ccccc1)NC(=O)CCCCCCCCOCCc1ccccc1. The van der Waals surface area contributed by atoms with Crippen molar-refractivity contribution >= 4 is 11.9 Å². The summed E-state index contributed by atoms with van der Waals surface area (Å²) in [6, 6.07) is 19.8. The van der Waals surface area contributed by atoms with Gasteiger partial charge in [-0.3, -0.25) is 9.59 Å². The molecule has 0 aromatic heterocycles. The summed E-state index contributed by atoms with van der Waals surface area (Å²) in [7, 11) is 3.87. The Morgan fingerprint density at radius 1 is 0.806 bits per heavy atom. The molecule has 0 heterocycles. The molecule has 0 saturated heterocycles. The Morgan fingerprint density at radius 2 is 1.42 bits per heavy atom. The molecule has 1 atom stereocenters. The lowest BCUT2D eigenvalue weighted by molar-refractivity contribution is -0.145. The highest BCUT2D eigenvalue weighted by molar-refractivity contribution is 5.77. The van der Waals surface area contributed by atoms with Gasteiger partial charge in [0, 0.05) is 19.6 Å². The van der Waals surface area contributed by atoms with Crippen LogP contribution >= 0.6 is 0 Å². The van der Waals surface area contributed by atoms with Crippen molar-refractivity contribution < 1.29 is 19.1 Å². The van der Waals surface area contributed by atoms with Gasteiger partial charge in [0.2, 0.25) is 5.91 Å². The van der Waals surface area contributed by atoms with E-state index in [1.165, 1.54) is 12.0 Å². The normalized spacial score (nSPS) is 11.9. The largest absolute Gasteiger partial charge is 0.461 e. The van der Waals surface area contributed by atoms with Gasteiger partial charge in [-0.1, -0.05) is 86.3 Å². The monoisotopic (exact) mass is 496 g/mol. The lowest BCUT2D eigenvalue weighted by atomic mass is 10.1. The molecule has 2 aromatic carbocycles. The first-order valence-corrected chi connectivity index (χ1v) is 13.3. The van der Waals surface area contributed by atoms with E-state index < -0.39 is 0 Å². The second kappa shape index (κ2) is 18.6. The van der Waals surface area contributed by atoms with Crippen LogP contribution in [0.2, 0.25) is 0 Å². The van der Waals surface area contributed by atoms with Gasteiger partial charge in [0.1, 0.15) is 6.61 Å². The van der Waals surface area contributed by atoms with Crippen LogP contribution in [0.4, 0.5) is 0 Å². The van der Waals surface area contributed by atoms with Gasteiger partial charge in [-0.15, -0.1) is 0 Å². The maximum absolute atomic E-state index is 12.4. The summed E-state index contributed by atoms with van der Waals surface area (Å²) in [5, 5.41) is 3.02. The Morgan fingerprint density at radius 3 is 2.08 bits per heavy atom. The van der Waals surface area contributed by atoms with Crippen molar-refractivity contribution in [2.45, 2.75) is 70.4 Å². The number of ether oxygens (including phenoxy) is 2. The molecule has 0 bridgehead atoms. The number of nitrogens with one attached hydrogen (secondary N) is 1. The van der Waals surface area contributed by atoms with E-state index in [2.05, 4.69) is 29.6 Å². The second-order valence-corrected chi connectivity index (χ2v) is 9.60. The summed E-state index contributed by atoms with van der Waals surface area (Å²) in [4.78, 5) is 26.7. The van der Waals surface area contributed by atoms with Crippen molar-refractivity contribution in [1.29, 1.82) is 0 Å². The predicted octanol–water partition coefficient (Wildman–Crippen LogP) is 5.16. The first kappa shape index (κ1) is 29.5. The third-order valence-corrected chi connectivity index (χ3v) is 5.93. The molecule has 0 aliphatic rings. The second-order valence-electron chi connectivity index (χ2n) is 9.60. The first-order chi connectivity index (χ1) is 17.5. The Balaban J connectivity index is 1.49. The van der Waals surface area contributed by atoms with E-state index in [1.54, 1.807) is 0 Å². The summed E-state index contributed by atoms with van der Waals surface area (Å²) in [5.41, 5.74) is 2.27. The highest BCUT2D eigenvalue weighted by Crippen LogP contribution is 2.09. The summed E-state index contributed by atoms with van der Waals surface area (Å²) in [6.45, 7) is 2.44. The van der Waals surface area contributed by atoms with E-state index in [4.69, 9.17) is 9.47 Å². The fourth-order valence-electron chi connectivity index (χ4n) is 4.03. The van der Waals surface area contributed by atoms with Crippen LogP contribution in [0.1, 0.15) is 62.5 Å². The van der Waals surface area contributed by atoms with Crippen LogP contribution in [-0.2, 0) is 32.1 Å². The van der Waals surface area contributed by atoms with Gasteiger partial charge in [0.05, 0.1) is 19.1 Å². The molecule has 6 nitrogen and oxygen atoms in total.